The van der Waals surface area contributed by atoms with Crippen molar-refractivity contribution >= 4 is 21.9 Å². The lowest BCUT2D eigenvalue weighted by Crippen LogP contribution is -2.34. The molecule has 0 saturated carbocycles. The van der Waals surface area contributed by atoms with Crippen molar-refractivity contribution in [2.24, 2.45) is 0 Å². The second-order valence-electron chi connectivity index (χ2n) is 3.87. The smallest absolute Gasteiger partial charge is 0.322 e. The number of esters is 1. The maximum atomic E-state index is 11.3. The Balaban J connectivity index is 2.73. The van der Waals surface area contributed by atoms with Gasteiger partial charge in [-0.15, -0.1) is 6.42 Å². The van der Waals surface area contributed by atoms with E-state index in [4.69, 9.17) is 11.2 Å². The molecule has 1 atom stereocenters. The minimum Gasteiger partial charge on any atom is -0.481 e. The molecule has 19 heavy (non-hydrogen) atoms. The van der Waals surface area contributed by atoms with Crippen LogP contribution in [0.1, 0.15) is 12.5 Å². The minimum atomic E-state index is -0.385. The third-order valence-corrected chi connectivity index (χ3v) is 2.98. The molecule has 0 aromatic heterocycles. The summed E-state index contributed by atoms with van der Waals surface area (Å²) >= 11 is 3.40. The SMILES string of the molecule is C#CCOc1ccc(Br)cc1CN[C@@H](C)C(=O)OC. The van der Waals surface area contributed by atoms with Gasteiger partial charge in [-0.25, -0.2) is 0 Å². The molecule has 102 valence electrons. The lowest BCUT2D eigenvalue weighted by atomic mass is 10.2. The van der Waals surface area contributed by atoms with E-state index < -0.39 is 0 Å². The molecule has 0 spiro atoms. The average Bonchev–Trinajstić information content (AvgIpc) is 2.42. The van der Waals surface area contributed by atoms with Crippen LogP contribution in [-0.2, 0) is 16.1 Å². The lowest BCUT2D eigenvalue weighted by Gasteiger charge is -2.14. The Morgan fingerprint density at radius 3 is 2.95 bits per heavy atom. The van der Waals surface area contributed by atoms with Crippen molar-refractivity contribution < 1.29 is 14.3 Å². The first-order valence-electron chi connectivity index (χ1n) is 5.74. The fourth-order valence-corrected chi connectivity index (χ4v) is 1.88. The molecule has 0 unspecified atom stereocenters. The van der Waals surface area contributed by atoms with Crippen LogP contribution in [-0.4, -0.2) is 25.7 Å². The molecule has 4 nitrogen and oxygen atoms in total. The molecule has 1 N–H and O–H groups in total. The minimum absolute atomic E-state index is 0.210. The topological polar surface area (TPSA) is 47.6 Å². The third-order valence-electron chi connectivity index (χ3n) is 2.49. The first-order chi connectivity index (χ1) is 9.08. The summed E-state index contributed by atoms with van der Waals surface area (Å²) in [6.45, 7) is 2.43. The quantitative estimate of drug-likeness (QED) is 0.643. The Morgan fingerprint density at radius 1 is 1.58 bits per heavy atom. The number of hydrogen-bond acceptors (Lipinski definition) is 4. The Bertz CT molecular complexity index is 482. The molecule has 0 radical (unpaired) electrons. The first kappa shape index (κ1) is 15.5. The van der Waals surface area contributed by atoms with E-state index >= 15 is 0 Å². The molecule has 1 rings (SSSR count). The van der Waals surface area contributed by atoms with E-state index in [1.165, 1.54) is 7.11 Å². The summed E-state index contributed by atoms with van der Waals surface area (Å²) in [7, 11) is 1.36. The fraction of sp³-hybridized carbons (Fsp3) is 0.357. The van der Waals surface area contributed by atoms with Gasteiger partial charge in [0, 0.05) is 16.6 Å². The molecule has 1 aromatic carbocycles. The van der Waals surface area contributed by atoms with Gasteiger partial charge in [0.15, 0.2) is 0 Å². The highest BCUT2D eigenvalue weighted by atomic mass is 79.9. The number of methoxy groups -OCH3 is 1. The summed E-state index contributed by atoms with van der Waals surface area (Å²) in [5.74, 6) is 2.82. The van der Waals surface area contributed by atoms with Crippen LogP contribution >= 0.6 is 15.9 Å². The highest BCUT2D eigenvalue weighted by Gasteiger charge is 2.13. The Hall–Kier alpha value is -1.51. The molecule has 1 aromatic rings. The van der Waals surface area contributed by atoms with Crippen molar-refractivity contribution in [3.8, 4) is 18.1 Å². The number of carbonyl (C=O) groups excluding carboxylic acids is 1. The zero-order chi connectivity index (χ0) is 14.3. The van der Waals surface area contributed by atoms with Crippen LogP contribution in [0, 0.1) is 12.3 Å². The van der Waals surface area contributed by atoms with Crippen molar-refractivity contribution in [3.63, 3.8) is 0 Å². The molecule has 5 heteroatoms. The van der Waals surface area contributed by atoms with Crippen molar-refractivity contribution in [1.29, 1.82) is 0 Å². The van der Waals surface area contributed by atoms with E-state index in [0.29, 0.717) is 12.3 Å². The van der Waals surface area contributed by atoms with Gasteiger partial charge in [-0.2, -0.15) is 0 Å². The highest BCUT2D eigenvalue weighted by Crippen LogP contribution is 2.23. The third kappa shape index (κ3) is 4.93. The molecular weight excluding hydrogens is 310 g/mol. The molecule has 0 bridgehead atoms. The zero-order valence-electron chi connectivity index (χ0n) is 10.9. The van der Waals surface area contributed by atoms with Crippen molar-refractivity contribution in [1.82, 2.24) is 5.32 Å². The van der Waals surface area contributed by atoms with E-state index in [9.17, 15) is 4.79 Å². The van der Waals surface area contributed by atoms with Gasteiger partial charge >= 0.3 is 5.97 Å². The molecule has 0 aliphatic heterocycles. The maximum absolute atomic E-state index is 11.3. The van der Waals surface area contributed by atoms with Gasteiger partial charge in [0.1, 0.15) is 18.4 Å². The van der Waals surface area contributed by atoms with E-state index in [1.54, 1.807) is 6.92 Å². The van der Waals surface area contributed by atoms with Crippen LogP contribution in [0.5, 0.6) is 5.75 Å². The lowest BCUT2D eigenvalue weighted by molar-refractivity contribution is -0.142. The van der Waals surface area contributed by atoms with Gasteiger partial charge in [0.2, 0.25) is 0 Å². The Labute approximate surface area is 121 Å². The summed E-state index contributed by atoms with van der Waals surface area (Å²) in [5, 5.41) is 3.07. The zero-order valence-corrected chi connectivity index (χ0v) is 12.5. The standard InChI is InChI=1S/C14H16BrNO3/c1-4-7-19-13-6-5-12(15)8-11(13)9-16-10(2)14(17)18-3/h1,5-6,8,10,16H,7,9H2,2-3H3/t10-/m0/s1. The number of ether oxygens (including phenoxy) is 2. The van der Waals surface area contributed by atoms with Gasteiger partial charge < -0.3 is 14.8 Å². The van der Waals surface area contributed by atoms with Crippen LogP contribution in [0.25, 0.3) is 0 Å². The number of nitrogens with one attached hydrogen (secondary N) is 1. The maximum Gasteiger partial charge on any atom is 0.322 e. The van der Waals surface area contributed by atoms with Crippen molar-refractivity contribution in [3.05, 3.63) is 28.2 Å². The van der Waals surface area contributed by atoms with Crippen LogP contribution in [0.4, 0.5) is 0 Å². The molecule has 0 aliphatic rings. The van der Waals surface area contributed by atoms with E-state index in [0.717, 1.165) is 10.0 Å². The van der Waals surface area contributed by atoms with E-state index in [-0.39, 0.29) is 18.6 Å². The predicted octanol–water partition coefficient (Wildman–Crippen LogP) is 2.11. The number of hydrogen-bond donors (Lipinski definition) is 1. The predicted molar refractivity (Wildman–Crippen MR) is 76.8 cm³/mol. The van der Waals surface area contributed by atoms with Gasteiger partial charge in [0.05, 0.1) is 7.11 Å². The number of benzene rings is 1. The fourth-order valence-electron chi connectivity index (χ4n) is 1.47. The second kappa shape index (κ2) is 7.82. The molecular formula is C14H16BrNO3. The van der Waals surface area contributed by atoms with Gasteiger partial charge in [-0.3, -0.25) is 4.79 Å². The normalized spacial score (nSPS) is 11.5. The summed E-state index contributed by atoms with van der Waals surface area (Å²) in [5.41, 5.74) is 0.917. The number of halogens is 1. The van der Waals surface area contributed by atoms with Crippen LogP contribution in [0.15, 0.2) is 22.7 Å². The van der Waals surface area contributed by atoms with E-state index in [1.807, 2.05) is 18.2 Å². The number of rotatable bonds is 6. The van der Waals surface area contributed by atoms with Crippen LogP contribution < -0.4 is 10.1 Å². The van der Waals surface area contributed by atoms with Crippen molar-refractivity contribution in [2.75, 3.05) is 13.7 Å². The summed E-state index contributed by atoms with van der Waals surface area (Å²) in [6.07, 6.45) is 5.18. The average molecular weight is 326 g/mol. The van der Waals surface area contributed by atoms with Gasteiger partial charge in [-0.05, 0) is 25.1 Å². The Kier molecular flexibility index (Phi) is 6.40. The number of carbonyl (C=O) groups is 1. The molecule has 0 aliphatic carbocycles. The monoisotopic (exact) mass is 325 g/mol. The molecule has 0 saturated heterocycles. The molecule has 0 heterocycles. The van der Waals surface area contributed by atoms with Crippen LogP contribution in [0.2, 0.25) is 0 Å². The second-order valence-corrected chi connectivity index (χ2v) is 4.79. The molecule has 0 amide bonds. The highest BCUT2D eigenvalue weighted by molar-refractivity contribution is 9.10. The largest absolute Gasteiger partial charge is 0.481 e. The van der Waals surface area contributed by atoms with Gasteiger partial charge in [-0.1, -0.05) is 21.9 Å². The van der Waals surface area contributed by atoms with Gasteiger partial charge in [0.25, 0.3) is 0 Å². The summed E-state index contributed by atoms with van der Waals surface area (Å²) < 4.78 is 11.0. The van der Waals surface area contributed by atoms with Crippen molar-refractivity contribution in [2.45, 2.75) is 19.5 Å². The molecule has 0 fully saturated rings. The summed E-state index contributed by atoms with van der Waals surface area (Å²) in [6, 6.07) is 5.24. The van der Waals surface area contributed by atoms with E-state index in [2.05, 4.69) is 31.9 Å². The number of terminal acetylenes is 1. The summed E-state index contributed by atoms with van der Waals surface area (Å²) in [4.78, 5) is 11.3. The first-order valence-corrected chi connectivity index (χ1v) is 6.53. The van der Waals surface area contributed by atoms with Crippen LogP contribution in [0.3, 0.4) is 0 Å². The Morgan fingerprint density at radius 2 is 2.32 bits per heavy atom.